The summed E-state index contributed by atoms with van der Waals surface area (Å²) in [7, 11) is 0. The van der Waals surface area contributed by atoms with Gasteiger partial charge in [0.05, 0.1) is 6.10 Å². The van der Waals surface area contributed by atoms with E-state index in [9.17, 15) is 4.79 Å². The summed E-state index contributed by atoms with van der Waals surface area (Å²) in [6.07, 6.45) is 1.44. The van der Waals surface area contributed by atoms with Crippen molar-refractivity contribution in [2.45, 2.75) is 51.0 Å². The van der Waals surface area contributed by atoms with Crippen LogP contribution in [-0.4, -0.2) is 59.6 Å². The summed E-state index contributed by atoms with van der Waals surface area (Å²) in [5, 5.41) is 0. The third kappa shape index (κ3) is 3.79. The lowest BCUT2D eigenvalue weighted by Crippen LogP contribution is -2.61. The normalized spacial score (nSPS) is 27.4. The van der Waals surface area contributed by atoms with Crippen LogP contribution in [0, 0.1) is 0 Å². The highest BCUT2D eigenvalue weighted by Crippen LogP contribution is 2.26. The van der Waals surface area contributed by atoms with Crippen molar-refractivity contribution in [2.24, 2.45) is 5.73 Å². The molecule has 0 saturated carbocycles. The molecule has 0 radical (unpaired) electrons. The number of carbonyl (C=O) groups is 1. The zero-order valence-electron chi connectivity index (χ0n) is 14.8. The summed E-state index contributed by atoms with van der Waals surface area (Å²) in [5.74, 6) is 0.137. The minimum atomic E-state index is -0.296. The molecule has 2 aliphatic rings. The van der Waals surface area contributed by atoms with Crippen LogP contribution in [0.5, 0.6) is 0 Å². The van der Waals surface area contributed by atoms with Crippen molar-refractivity contribution in [3.05, 3.63) is 35.9 Å². The Balaban J connectivity index is 1.60. The average molecular weight is 331 g/mol. The van der Waals surface area contributed by atoms with E-state index in [4.69, 9.17) is 10.5 Å². The number of benzene rings is 1. The van der Waals surface area contributed by atoms with Gasteiger partial charge in [0.1, 0.15) is 6.10 Å². The van der Waals surface area contributed by atoms with Crippen LogP contribution in [0.25, 0.3) is 0 Å². The van der Waals surface area contributed by atoms with E-state index in [1.165, 1.54) is 5.56 Å². The fourth-order valence-electron chi connectivity index (χ4n) is 3.74. The second kappa shape index (κ2) is 7.21. The average Bonchev–Trinajstić information content (AvgIpc) is 3.06. The number of nitrogens with two attached hydrogens (primary N) is 1. The van der Waals surface area contributed by atoms with Crippen LogP contribution in [-0.2, 0) is 16.1 Å². The molecule has 24 heavy (non-hydrogen) atoms. The quantitative estimate of drug-likeness (QED) is 0.911. The predicted molar refractivity (Wildman–Crippen MR) is 94.5 cm³/mol. The van der Waals surface area contributed by atoms with Gasteiger partial charge >= 0.3 is 0 Å². The number of piperazine rings is 1. The van der Waals surface area contributed by atoms with Gasteiger partial charge in [-0.1, -0.05) is 30.3 Å². The lowest BCUT2D eigenvalue weighted by Gasteiger charge is -2.47. The lowest BCUT2D eigenvalue weighted by molar-refractivity contribution is -0.148. The van der Waals surface area contributed by atoms with Gasteiger partial charge in [0, 0.05) is 38.3 Å². The van der Waals surface area contributed by atoms with Crippen molar-refractivity contribution in [3.63, 3.8) is 0 Å². The van der Waals surface area contributed by atoms with Crippen LogP contribution in [0.2, 0.25) is 0 Å². The molecule has 2 saturated heterocycles. The van der Waals surface area contributed by atoms with Crippen molar-refractivity contribution >= 4 is 5.91 Å². The molecule has 0 bridgehead atoms. The fraction of sp³-hybridized carbons (Fsp3) is 0.632. The van der Waals surface area contributed by atoms with E-state index < -0.39 is 0 Å². The Morgan fingerprint density at radius 1 is 1.25 bits per heavy atom. The van der Waals surface area contributed by atoms with Crippen molar-refractivity contribution in [3.8, 4) is 0 Å². The second-order valence-corrected chi connectivity index (χ2v) is 7.54. The van der Waals surface area contributed by atoms with E-state index in [-0.39, 0.29) is 23.7 Å². The molecule has 0 spiro atoms. The first-order valence-corrected chi connectivity index (χ1v) is 8.93. The summed E-state index contributed by atoms with van der Waals surface area (Å²) >= 11 is 0. The van der Waals surface area contributed by atoms with E-state index in [0.717, 1.165) is 39.0 Å². The monoisotopic (exact) mass is 331 g/mol. The van der Waals surface area contributed by atoms with E-state index in [1.807, 2.05) is 11.0 Å². The van der Waals surface area contributed by atoms with Crippen molar-refractivity contribution in [2.75, 3.05) is 26.2 Å². The maximum absolute atomic E-state index is 12.8. The molecule has 0 aromatic heterocycles. The number of amides is 1. The highest BCUT2D eigenvalue weighted by molar-refractivity contribution is 5.81. The Kier molecular flexibility index (Phi) is 5.23. The number of hydrogen-bond donors (Lipinski definition) is 1. The van der Waals surface area contributed by atoms with Crippen LogP contribution in [0.4, 0.5) is 0 Å². The third-order valence-electron chi connectivity index (χ3n) is 5.25. The SMILES string of the molecule is CC1(C)CN(C(=O)[C@@H]2CC[C@H](CN)O2)CCN1Cc1ccccc1. The minimum Gasteiger partial charge on any atom is -0.364 e. The zero-order valence-corrected chi connectivity index (χ0v) is 14.8. The Morgan fingerprint density at radius 3 is 2.62 bits per heavy atom. The van der Waals surface area contributed by atoms with Crippen LogP contribution >= 0.6 is 0 Å². The van der Waals surface area contributed by atoms with Gasteiger partial charge < -0.3 is 15.4 Å². The predicted octanol–water partition coefficient (Wildman–Crippen LogP) is 1.62. The van der Waals surface area contributed by atoms with Crippen molar-refractivity contribution in [1.82, 2.24) is 9.80 Å². The molecule has 0 unspecified atom stereocenters. The highest BCUT2D eigenvalue weighted by Gasteiger charge is 2.39. The summed E-state index contributed by atoms with van der Waals surface area (Å²) in [6.45, 7) is 8.25. The number of carbonyl (C=O) groups excluding carboxylic acids is 1. The van der Waals surface area contributed by atoms with Crippen molar-refractivity contribution in [1.29, 1.82) is 0 Å². The van der Waals surface area contributed by atoms with E-state index in [2.05, 4.69) is 43.0 Å². The first-order chi connectivity index (χ1) is 11.5. The van der Waals surface area contributed by atoms with Crippen LogP contribution in [0.3, 0.4) is 0 Å². The van der Waals surface area contributed by atoms with Crippen LogP contribution < -0.4 is 5.73 Å². The van der Waals surface area contributed by atoms with Gasteiger partial charge in [-0.3, -0.25) is 9.69 Å². The molecule has 2 N–H and O–H groups in total. The highest BCUT2D eigenvalue weighted by atomic mass is 16.5. The Hall–Kier alpha value is -1.43. The molecule has 1 amide bonds. The standard InChI is InChI=1S/C19H29N3O2/c1-19(2)14-21(18(23)17-9-8-16(12-20)24-17)10-11-22(19)13-15-6-4-3-5-7-15/h3-7,16-17H,8-14,20H2,1-2H3/t16-,17+/m1/s1. The summed E-state index contributed by atoms with van der Waals surface area (Å²) in [5.41, 5.74) is 6.92. The molecular formula is C19H29N3O2. The molecule has 2 heterocycles. The second-order valence-electron chi connectivity index (χ2n) is 7.54. The summed E-state index contributed by atoms with van der Waals surface area (Å²) < 4.78 is 5.79. The summed E-state index contributed by atoms with van der Waals surface area (Å²) in [6, 6.07) is 10.5. The molecule has 5 heteroatoms. The topological polar surface area (TPSA) is 58.8 Å². The van der Waals surface area contributed by atoms with E-state index in [1.54, 1.807) is 0 Å². The van der Waals surface area contributed by atoms with E-state index in [0.29, 0.717) is 6.54 Å². The molecule has 0 aliphatic carbocycles. The molecule has 5 nitrogen and oxygen atoms in total. The number of ether oxygens (including phenoxy) is 1. The molecule has 2 fully saturated rings. The maximum atomic E-state index is 12.8. The third-order valence-corrected chi connectivity index (χ3v) is 5.25. The molecule has 1 aromatic carbocycles. The van der Waals surface area contributed by atoms with Gasteiger partial charge in [0.15, 0.2) is 0 Å². The molecular weight excluding hydrogens is 302 g/mol. The summed E-state index contributed by atoms with van der Waals surface area (Å²) in [4.78, 5) is 17.2. The molecule has 2 atom stereocenters. The largest absolute Gasteiger partial charge is 0.364 e. The number of rotatable bonds is 4. The van der Waals surface area contributed by atoms with Gasteiger partial charge in [0.2, 0.25) is 0 Å². The van der Waals surface area contributed by atoms with Crippen LogP contribution in [0.1, 0.15) is 32.3 Å². The van der Waals surface area contributed by atoms with Gasteiger partial charge in [-0.05, 0) is 32.3 Å². The minimum absolute atomic E-state index is 0.0460. The molecule has 1 aromatic rings. The van der Waals surface area contributed by atoms with Gasteiger partial charge in [-0.2, -0.15) is 0 Å². The first-order valence-electron chi connectivity index (χ1n) is 8.93. The molecule has 3 rings (SSSR count). The Bertz CT molecular complexity index is 561. The number of hydrogen-bond acceptors (Lipinski definition) is 4. The Labute approximate surface area is 144 Å². The lowest BCUT2D eigenvalue weighted by atomic mass is 9.97. The zero-order chi connectivity index (χ0) is 17.2. The Morgan fingerprint density at radius 2 is 2.00 bits per heavy atom. The molecule has 132 valence electrons. The van der Waals surface area contributed by atoms with Gasteiger partial charge in [-0.15, -0.1) is 0 Å². The van der Waals surface area contributed by atoms with Crippen molar-refractivity contribution < 1.29 is 9.53 Å². The fourth-order valence-corrected chi connectivity index (χ4v) is 3.74. The maximum Gasteiger partial charge on any atom is 0.251 e. The smallest absolute Gasteiger partial charge is 0.251 e. The van der Waals surface area contributed by atoms with Crippen LogP contribution in [0.15, 0.2) is 30.3 Å². The van der Waals surface area contributed by atoms with Gasteiger partial charge in [-0.25, -0.2) is 0 Å². The molecule has 2 aliphatic heterocycles. The number of nitrogens with zero attached hydrogens (tertiary/aromatic N) is 2. The first kappa shape index (κ1) is 17.4. The van der Waals surface area contributed by atoms with E-state index >= 15 is 0 Å². The van der Waals surface area contributed by atoms with Gasteiger partial charge in [0.25, 0.3) is 5.91 Å².